The smallest absolute Gasteiger partial charge is 0.261 e. The van der Waals surface area contributed by atoms with Crippen LogP contribution >= 0.6 is 0 Å². The molecule has 2 atom stereocenters. The Kier molecular flexibility index (Phi) is 10.3. The normalized spacial score (nSPS) is 15.5. The summed E-state index contributed by atoms with van der Waals surface area (Å²) >= 11 is 0. The van der Waals surface area contributed by atoms with Crippen molar-refractivity contribution in [3.8, 4) is 0 Å². The molecular weight excluding hydrogens is 456 g/mol. The van der Waals surface area contributed by atoms with Crippen LogP contribution in [0.4, 0.5) is 0 Å². The van der Waals surface area contributed by atoms with Crippen LogP contribution < -0.4 is 10.4 Å². The molecule has 0 radical (unpaired) electrons. The van der Waals surface area contributed by atoms with E-state index in [0.717, 1.165) is 11.1 Å². The first-order valence-electron chi connectivity index (χ1n) is 13.2. The molecule has 0 saturated heterocycles. The predicted molar refractivity (Wildman–Crippen MR) is 159 cm³/mol. The molecule has 0 amide bonds. The van der Waals surface area contributed by atoms with Crippen molar-refractivity contribution in [3.63, 3.8) is 0 Å². The summed E-state index contributed by atoms with van der Waals surface area (Å²) < 4.78 is 7.02. The lowest BCUT2D eigenvalue weighted by Gasteiger charge is -2.43. The van der Waals surface area contributed by atoms with Crippen molar-refractivity contribution in [3.05, 3.63) is 96.1 Å². The van der Waals surface area contributed by atoms with Crippen molar-refractivity contribution in [2.75, 3.05) is 6.61 Å². The second-order valence-electron chi connectivity index (χ2n) is 12.3. The highest BCUT2D eigenvalue weighted by Crippen LogP contribution is 2.37. The molecular formula is C33H48O2Si. The van der Waals surface area contributed by atoms with Crippen LogP contribution in [0, 0.1) is 11.3 Å². The molecule has 3 heteroatoms. The van der Waals surface area contributed by atoms with Crippen LogP contribution in [-0.2, 0) is 4.43 Å². The fraction of sp³-hybridized carbons (Fsp3) is 0.455. The number of aliphatic hydroxyl groups is 1. The second kappa shape index (κ2) is 12.4. The molecule has 2 aromatic rings. The van der Waals surface area contributed by atoms with E-state index in [4.69, 9.17) is 4.43 Å². The lowest BCUT2D eigenvalue weighted by molar-refractivity contribution is 0.164. The van der Waals surface area contributed by atoms with Gasteiger partial charge in [-0.1, -0.05) is 139 Å². The summed E-state index contributed by atoms with van der Waals surface area (Å²) in [6.45, 7) is 24.5. The first-order chi connectivity index (χ1) is 16.7. The molecule has 0 heterocycles. The van der Waals surface area contributed by atoms with Crippen molar-refractivity contribution in [2.45, 2.75) is 79.9 Å². The van der Waals surface area contributed by atoms with Gasteiger partial charge in [0.1, 0.15) is 0 Å². The summed E-state index contributed by atoms with van der Waals surface area (Å²) in [4.78, 5) is 0. The zero-order chi connectivity index (χ0) is 27.1. The van der Waals surface area contributed by atoms with Crippen LogP contribution in [0.3, 0.4) is 0 Å². The highest BCUT2D eigenvalue weighted by atomic mass is 28.4. The minimum Gasteiger partial charge on any atom is -0.407 e. The first-order valence-corrected chi connectivity index (χ1v) is 15.1. The van der Waals surface area contributed by atoms with E-state index in [9.17, 15) is 5.11 Å². The Hall–Kier alpha value is -2.20. The molecule has 196 valence electrons. The van der Waals surface area contributed by atoms with E-state index in [1.165, 1.54) is 15.9 Å². The van der Waals surface area contributed by atoms with Gasteiger partial charge in [0.05, 0.1) is 6.10 Å². The van der Waals surface area contributed by atoms with Crippen molar-refractivity contribution < 1.29 is 9.53 Å². The summed E-state index contributed by atoms with van der Waals surface area (Å²) in [6, 6.07) is 21.4. The first kappa shape index (κ1) is 30.0. The Bertz CT molecular complexity index is 997. The van der Waals surface area contributed by atoms with Gasteiger partial charge < -0.3 is 9.53 Å². The monoisotopic (exact) mass is 504 g/mol. The Morgan fingerprint density at radius 2 is 1.39 bits per heavy atom. The van der Waals surface area contributed by atoms with Crippen LogP contribution in [0.15, 0.2) is 96.1 Å². The standard InChI is InChI=1S/C33H48O2Si/c1-25(24-32(5,6)7)23-27(3)31(34)28(4)26(2)21-22-35-36(33(8,9)10,29-17-13-11-14-18-29)30-19-15-12-16-20-30/h11-20,23-24,28,31,34H,2,21-22H2,1,3-10H3/b25-24+,27-23+/t28-,31+/m1/s1. The molecule has 2 nitrogen and oxygen atoms in total. The van der Waals surface area contributed by atoms with Crippen LogP contribution in [-0.4, -0.2) is 26.1 Å². The maximum atomic E-state index is 11.1. The van der Waals surface area contributed by atoms with Gasteiger partial charge in [-0.2, -0.15) is 0 Å². The number of allylic oxidation sites excluding steroid dienone is 3. The van der Waals surface area contributed by atoms with E-state index >= 15 is 0 Å². The van der Waals surface area contributed by atoms with Crippen molar-refractivity contribution in [2.24, 2.45) is 11.3 Å². The third-order valence-electron chi connectivity index (χ3n) is 6.86. The quantitative estimate of drug-likeness (QED) is 0.207. The van der Waals surface area contributed by atoms with Gasteiger partial charge in [0.25, 0.3) is 8.32 Å². The molecule has 0 saturated carbocycles. The van der Waals surface area contributed by atoms with Crippen LogP contribution in [0.25, 0.3) is 0 Å². The molecule has 1 N–H and O–H groups in total. The summed E-state index contributed by atoms with van der Waals surface area (Å²) in [7, 11) is -2.57. The van der Waals surface area contributed by atoms with E-state index in [-0.39, 0.29) is 16.4 Å². The minimum atomic E-state index is -2.57. The molecule has 0 aliphatic carbocycles. The molecule has 0 aromatic heterocycles. The molecule has 0 fully saturated rings. The number of benzene rings is 2. The second-order valence-corrected chi connectivity index (χ2v) is 16.6. The summed E-state index contributed by atoms with van der Waals surface area (Å²) in [5, 5.41) is 13.6. The molecule has 2 aromatic carbocycles. The molecule has 0 unspecified atom stereocenters. The van der Waals surface area contributed by atoms with Gasteiger partial charge in [-0.15, -0.1) is 0 Å². The van der Waals surface area contributed by atoms with Gasteiger partial charge in [-0.05, 0) is 46.7 Å². The fourth-order valence-electron chi connectivity index (χ4n) is 5.11. The maximum Gasteiger partial charge on any atom is 0.261 e. The highest BCUT2D eigenvalue weighted by Gasteiger charge is 2.50. The number of aliphatic hydroxyl groups excluding tert-OH is 1. The lowest BCUT2D eigenvalue weighted by atomic mass is 9.88. The van der Waals surface area contributed by atoms with Gasteiger partial charge in [0, 0.05) is 12.5 Å². The third kappa shape index (κ3) is 7.65. The van der Waals surface area contributed by atoms with E-state index in [1.807, 2.05) is 6.92 Å². The summed E-state index contributed by atoms with van der Waals surface area (Å²) in [5.74, 6) is -0.0496. The summed E-state index contributed by atoms with van der Waals surface area (Å²) in [6.07, 6.45) is 4.49. The number of hydrogen-bond acceptors (Lipinski definition) is 2. The van der Waals surface area contributed by atoms with Gasteiger partial charge in [-0.25, -0.2) is 0 Å². The topological polar surface area (TPSA) is 29.5 Å². The maximum absolute atomic E-state index is 11.1. The van der Waals surface area contributed by atoms with Crippen LogP contribution in [0.5, 0.6) is 0 Å². The van der Waals surface area contributed by atoms with E-state index in [1.54, 1.807) is 0 Å². The Morgan fingerprint density at radius 1 is 0.917 bits per heavy atom. The minimum absolute atomic E-state index is 0.0496. The number of rotatable bonds is 10. The van der Waals surface area contributed by atoms with Gasteiger partial charge in [0.15, 0.2) is 0 Å². The largest absolute Gasteiger partial charge is 0.407 e. The van der Waals surface area contributed by atoms with Crippen molar-refractivity contribution in [1.29, 1.82) is 0 Å². The number of hydrogen-bond donors (Lipinski definition) is 1. The zero-order valence-corrected chi connectivity index (χ0v) is 25.1. The lowest BCUT2D eigenvalue weighted by Crippen LogP contribution is -2.66. The third-order valence-corrected chi connectivity index (χ3v) is 11.9. The molecule has 2 rings (SSSR count). The predicted octanol–water partition coefficient (Wildman–Crippen LogP) is 7.45. The van der Waals surface area contributed by atoms with E-state index in [2.05, 4.69) is 135 Å². The molecule has 0 aliphatic heterocycles. The van der Waals surface area contributed by atoms with E-state index in [0.29, 0.717) is 13.0 Å². The average molecular weight is 505 g/mol. The van der Waals surface area contributed by atoms with Crippen molar-refractivity contribution in [1.82, 2.24) is 0 Å². The van der Waals surface area contributed by atoms with Crippen LogP contribution in [0.1, 0.15) is 68.7 Å². The Labute approximate surface area is 221 Å². The average Bonchev–Trinajstić information content (AvgIpc) is 2.79. The van der Waals surface area contributed by atoms with Gasteiger partial charge >= 0.3 is 0 Å². The van der Waals surface area contributed by atoms with Gasteiger partial charge in [-0.3, -0.25) is 0 Å². The summed E-state index contributed by atoms with van der Waals surface area (Å²) in [5.41, 5.74) is 3.27. The fourth-order valence-corrected chi connectivity index (χ4v) is 9.67. The zero-order valence-electron chi connectivity index (χ0n) is 24.1. The highest BCUT2D eigenvalue weighted by molar-refractivity contribution is 6.99. The van der Waals surface area contributed by atoms with Crippen molar-refractivity contribution >= 4 is 18.7 Å². The van der Waals surface area contributed by atoms with Gasteiger partial charge in [0.2, 0.25) is 0 Å². The molecule has 0 spiro atoms. The van der Waals surface area contributed by atoms with Crippen LogP contribution in [0.2, 0.25) is 5.04 Å². The molecule has 0 aliphatic rings. The van der Waals surface area contributed by atoms with E-state index < -0.39 is 14.4 Å². The Morgan fingerprint density at radius 3 is 1.81 bits per heavy atom. The molecule has 36 heavy (non-hydrogen) atoms. The SMILES string of the molecule is C=C(CCO[Si](c1ccccc1)(c1ccccc1)C(C)(C)C)[C@@H](C)[C@@H](O)/C(C)=C/C(C)=C/C(C)(C)C. The molecule has 0 bridgehead atoms. The Balaban J connectivity index is 2.23.